The Balaban J connectivity index is 1.58. The van der Waals surface area contributed by atoms with Gasteiger partial charge in [-0.3, -0.25) is 19.2 Å². The largest absolute Gasteiger partial charge is 0.462 e. The molecule has 1 aliphatic carbocycles. The number of ketones is 3. The zero-order valence-electron chi connectivity index (χ0n) is 15.5. The molecule has 0 saturated heterocycles. The number of aliphatic hydroxyl groups excluding tert-OH is 2. The summed E-state index contributed by atoms with van der Waals surface area (Å²) in [6.45, 7) is -1.57. The normalized spacial score (nSPS) is 13.3. The van der Waals surface area contributed by atoms with Gasteiger partial charge in [0.05, 0.1) is 12.2 Å². The Morgan fingerprint density at radius 1 is 0.967 bits per heavy atom. The van der Waals surface area contributed by atoms with E-state index in [4.69, 9.17) is 19.4 Å². The minimum Gasteiger partial charge on any atom is -0.462 e. The Hall–Kier alpha value is -3.63. The number of hydrogen-bond acceptors (Lipinski definition) is 10. The monoisotopic (exact) mass is 416 g/mol. The number of carbonyl (C=O) groups is 5. The predicted molar refractivity (Wildman–Crippen MR) is 96.0 cm³/mol. The van der Waals surface area contributed by atoms with E-state index in [-0.39, 0.29) is 41.4 Å². The maximum atomic E-state index is 12.5. The molecule has 1 unspecified atom stereocenters. The van der Waals surface area contributed by atoms with Crippen LogP contribution in [0.4, 0.5) is 0 Å². The fraction of sp³-hybridized carbons (Fsp3) is 0.250. The van der Waals surface area contributed by atoms with Crippen LogP contribution >= 0.6 is 0 Å². The molecule has 0 spiro atoms. The Labute approximate surface area is 169 Å². The van der Waals surface area contributed by atoms with Gasteiger partial charge in [0.25, 0.3) is 0 Å². The molecule has 0 aliphatic heterocycles. The third kappa shape index (κ3) is 4.19. The summed E-state index contributed by atoms with van der Waals surface area (Å²) in [5, 5.41) is 17.6. The molecule has 10 nitrogen and oxygen atoms in total. The zero-order valence-corrected chi connectivity index (χ0v) is 15.5. The van der Waals surface area contributed by atoms with Crippen LogP contribution in [0.3, 0.4) is 0 Å². The van der Waals surface area contributed by atoms with Crippen molar-refractivity contribution in [3.05, 3.63) is 58.5 Å². The lowest BCUT2D eigenvalue weighted by molar-refractivity contribution is -0.159. The number of Topliss-reactive ketones (excluding diaryl/α,β-unsaturated/α-hetero) is 1. The number of rotatable bonds is 8. The van der Waals surface area contributed by atoms with Crippen molar-refractivity contribution in [3.8, 4) is 0 Å². The summed E-state index contributed by atoms with van der Waals surface area (Å²) in [4.78, 5) is 60.2. The van der Waals surface area contributed by atoms with Crippen LogP contribution < -0.4 is 0 Å². The van der Waals surface area contributed by atoms with Crippen LogP contribution in [0.2, 0.25) is 0 Å². The molecule has 0 fully saturated rings. The van der Waals surface area contributed by atoms with E-state index in [1.54, 1.807) is 12.1 Å². The summed E-state index contributed by atoms with van der Waals surface area (Å²) in [6.07, 6.45) is -2.42. The highest BCUT2D eigenvalue weighted by Gasteiger charge is 2.34. The van der Waals surface area contributed by atoms with Crippen LogP contribution in [-0.4, -0.2) is 65.4 Å². The van der Waals surface area contributed by atoms with Gasteiger partial charge in [-0.05, 0) is 6.07 Å². The topological polar surface area (TPSA) is 157 Å². The Kier molecular flexibility index (Phi) is 6.19. The summed E-state index contributed by atoms with van der Waals surface area (Å²) >= 11 is 0. The first kappa shape index (κ1) is 21.1. The average molecular weight is 416 g/mol. The van der Waals surface area contributed by atoms with E-state index in [2.05, 4.69) is 4.74 Å². The van der Waals surface area contributed by atoms with Crippen LogP contribution in [0.1, 0.15) is 49.0 Å². The molecule has 0 radical (unpaired) electrons. The van der Waals surface area contributed by atoms with Gasteiger partial charge in [-0.25, -0.2) is 4.79 Å². The summed E-state index contributed by atoms with van der Waals surface area (Å²) in [7, 11) is 0. The number of aliphatic hydroxyl groups is 2. The zero-order chi connectivity index (χ0) is 21.8. The predicted octanol–water partition coefficient (Wildman–Crippen LogP) is 0.0674. The van der Waals surface area contributed by atoms with Crippen LogP contribution in [0, 0.1) is 0 Å². The second kappa shape index (κ2) is 8.80. The van der Waals surface area contributed by atoms with Crippen molar-refractivity contribution in [1.29, 1.82) is 0 Å². The number of esters is 2. The van der Waals surface area contributed by atoms with Crippen LogP contribution in [0.15, 0.2) is 34.7 Å². The minimum atomic E-state index is -1.69. The molecule has 2 aromatic rings. The third-order valence-electron chi connectivity index (χ3n) is 4.21. The molecule has 1 heterocycles. The minimum absolute atomic E-state index is 0.0511. The molecule has 156 valence electrons. The van der Waals surface area contributed by atoms with Crippen molar-refractivity contribution in [2.45, 2.75) is 12.5 Å². The molecule has 0 bridgehead atoms. The lowest BCUT2D eigenvalue weighted by Crippen LogP contribution is -2.28. The fourth-order valence-electron chi connectivity index (χ4n) is 2.75. The number of fused-ring (bicyclic) bond motifs is 2. The molecule has 2 N–H and O–H groups in total. The number of furan rings is 1. The van der Waals surface area contributed by atoms with E-state index in [1.165, 1.54) is 12.1 Å². The van der Waals surface area contributed by atoms with Gasteiger partial charge in [-0.2, -0.15) is 0 Å². The molecule has 30 heavy (non-hydrogen) atoms. The molecule has 0 amide bonds. The highest BCUT2D eigenvalue weighted by molar-refractivity contribution is 6.28. The standard InChI is InChI=1S/C20H16O10/c21-9-14(23)20(27)29-6-5-28-16(24)8-13(22)15-7-12-17(25)10-3-1-2-4-11(10)18(26)19(12)30-15/h1-4,7,14,21,23H,5-6,8-9H2. The van der Waals surface area contributed by atoms with Crippen molar-refractivity contribution in [2.24, 2.45) is 0 Å². The molecule has 10 heteroatoms. The number of carbonyl (C=O) groups excluding carboxylic acids is 5. The van der Waals surface area contributed by atoms with Gasteiger partial charge < -0.3 is 24.1 Å². The quantitative estimate of drug-likeness (QED) is 0.223. The van der Waals surface area contributed by atoms with Crippen molar-refractivity contribution in [1.82, 2.24) is 0 Å². The molecule has 3 rings (SSSR count). The maximum Gasteiger partial charge on any atom is 0.337 e. The summed E-state index contributed by atoms with van der Waals surface area (Å²) in [5.41, 5.74) is 0.323. The lowest BCUT2D eigenvalue weighted by atomic mass is 9.88. The van der Waals surface area contributed by atoms with Gasteiger partial charge in [0.2, 0.25) is 11.6 Å². The molecule has 0 saturated carbocycles. The van der Waals surface area contributed by atoms with E-state index in [9.17, 15) is 24.0 Å². The van der Waals surface area contributed by atoms with E-state index < -0.39 is 48.4 Å². The first-order valence-electron chi connectivity index (χ1n) is 8.80. The SMILES string of the molecule is O=C(CC(=O)c1cc2c(o1)C(=O)c1ccccc1C2=O)OCCOC(=O)C(O)CO. The van der Waals surface area contributed by atoms with Gasteiger partial charge in [0.1, 0.15) is 19.6 Å². The summed E-state index contributed by atoms with van der Waals surface area (Å²) in [5.74, 6) is -4.41. The fourth-order valence-corrected chi connectivity index (χ4v) is 2.75. The Morgan fingerprint density at radius 2 is 1.60 bits per heavy atom. The van der Waals surface area contributed by atoms with Crippen molar-refractivity contribution >= 4 is 29.3 Å². The van der Waals surface area contributed by atoms with Crippen molar-refractivity contribution in [2.75, 3.05) is 19.8 Å². The second-order valence-corrected chi connectivity index (χ2v) is 6.24. The number of hydrogen-bond donors (Lipinski definition) is 2. The molecule has 1 aromatic heterocycles. The molecular weight excluding hydrogens is 400 g/mol. The molecular formula is C20H16O10. The van der Waals surface area contributed by atoms with Gasteiger partial charge >= 0.3 is 11.9 Å². The summed E-state index contributed by atoms with van der Waals surface area (Å²) < 4.78 is 14.5. The van der Waals surface area contributed by atoms with E-state index in [0.717, 1.165) is 6.07 Å². The highest BCUT2D eigenvalue weighted by atomic mass is 16.6. The second-order valence-electron chi connectivity index (χ2n) is 6.24. The van der Waals surface area contributed by atoms with E-state index >= 15 is 0 Å². The van der Waals surface area contributed by atoms with E-state index in [0.29, 0.717) is 0 Å². The average Bonchev–Trinajstić information content (AvgIpc) is 3.20. The maximum absolute atomic E-state index is 12.5. The van der Waals surface area contributed by atoms with Crippen LogP contribution in [-0.2, 0) is 19.1 Å². The van der Waals surface area contributed by atoms with Crippen LogP contribution in [0.5, 0.6) is 0 Å². The van der Waals surface area contributed by atoms with E-state index in [1.807, 2.05) is 0 Å². The number of ether oxygens (including phenoxy) is 2. The lowest BCUT2D eigenvalue weighted by Gasteiger charge is -2.11. The van der Waals surface area contributed by atoms with Gasteiger partial charge in [0, 0.05) is 11.1 Å². The van der Waals surface area contributed by atoms with Gasteiger partial charge in [-0.1, -0.05) is 24.3 Å². The van der Waals surface area contributed by atoms with Crippen molar-refractivity contribution in [3.63, 3.8) is 0 Å². The Bertz CT molecular complexity index is 979. The highest BCUT2D eigenvalue weighted by Crippen LogP contribution is 2.30. The molecule has 1 aliphatic rings. The molecule has 1 atom stereocenters. The summed E-state index contributed by atoms with van der Waals surface area (Å²) in [6, 6.07) is 7.31. The van der Waals surface area contributed by atoms with Gasteiger partial charge in [0.15, 0.2) is 23.4 Å². The third-order valence-corrected chi connectivity index (χ3v) is 4.21. The molecule has 1 aromatic carbocycles. The first-order chi connectivity index (χ1) is 14.3. The van der Waals surface area contributed by atoms with Crippen LogP contribution in [0.25, 0.3) is 0 Å². The smallest absolute Gasteiger partial charge is 0.337 e. The number of benzene rings is 1. The van der Waals surface area contributed by atoms with Gasteiger partial charge in [-0.15, -0.1) is 0 Å². The Morgan fingerprint density at radius 3 is 2.27 bits per heavy atom. The van der Waals surface area contributed by atoms with Crippen molar-refractivity contribution < 1.29 is 48.1 Å². The first-order valence-corrected chi connectivity index (χ1v) is 8.80.